The highest BCUT2D eigenvalue weighted by Crippen LogP contribution is 2.50. The standard InChI is InChI=1S/C18H26BrNO2/c1-12(2)15-13(18(11-20)6-4-3-5-7-18)10-14(19)16-17(15)22-9-8-21-16/h10,12H,3-9,11,20H2,1-2H3. The van der Waals surface area contributed by atoms with Gasteiger partial charge in [0.15, 0.2) is 11.5 Å². The van der Waals surface area contributed by atoms with Crippen LogP contribution in [0, 0.1) is 0 Å². The molecule has 3 nitrogen and oxygen atoms in total. The zero-order valence-electron chi connectivity index (χ0n) is 13.6. The summed E-state index contributed by atoms with van der Waals surface area (Å²) in [6, 6.07) is 2.25. The molecule has 122 valence electrons. The summed E-state index contributed by atoms with van der Waals surface area (Å²) in [5, 5.41) is 0. The van der Waals surface area contributed by atoms with E-state index in [1.54, 1.807) is 0 Å². The third kappa shape index (κ3) is 2.65. The van der Waals surface area contributed by atoms with E-state index in [-0.39, 0.29) is 5.41 Å². The van der Waals surface area contributed by atoms with Crippen LogP contribution in [0.2, 0.25) is 0 Å². The molecule has 1 saturated carbocycles. The molecule has 0 spiro atoms. The van der Waals surface area contributed by atoms with Crippen LogP contribution in [0.25, 0.3) is 0 Å². The fourth-order valence-corrected chi connectivity index (χ4v) is 4.54. The van der Waals surface area contributed by atoms with Crippen molar-refractivity contribution < 1.29 is 9.47 Å². The van der Waals surface area contributed by atoms with Crippen LogP contribution in [0.4, 0.5) is 0 Å². The normalized spacial score (nSPS) is 20.2. The molecule has 1 heterocycles. The molecule has 0 unspecified atom stereocenters. The summed E-state index contributed by atoms with van der Waals surface area (Å²) in [7, 11) is 0. The molecule has 0 radical (unpaired) electrons. The van der Waals surface area contributed by atoms with Gasteiger partial charge in [-0.3, -0.25) is 0 Å². The van der Waals surface area contributed by atoms with Gasteiger partial charge < -0.3 is 15.2 Å². The lowest BCUT2D eigenvalue weighted by Crippen LogP contribution is -2.38. The average molecular weight is 368 g/mol. The fraction of sp³-hybridized carbons (Fsp3) is 0.667. The molecular weight excluding hydrogens is 342 g/mol. The van der Waals surface area contributed by atoms with Crippen molar-refractivity contribution >= 4 is 15.9 Å². The van der Waals surface area contributed by atoms with E-state index in [9.17, 15) is 0 Å². The molecular formula is C18H26BrNO2. The first kappa shape index (κ1) is 16.1. The predicted octanol–water partition coefficient (Wildman–Crippen LogP) is 4.50. The second-order valence-electron chi connectivity index (χ2n) is 6.87. The number of fused-ring (bicyclic) bond motifs is 1. The molecule has 1 fully saturated rings. The molecule has 0 saturated heterocycles. The summed E-state index contributed by atoms with van der Waals surface area (Å²) in [4.78, 5) is 0. The molecule has 1 aromatic carbocycles. The first-order chi connectivity index (χ1) is 10.6. The molecule has 0 aromatic heterocycles. The lowest BCUT2D eigenvalue weighted by atomic mass is 9.67. The van der Waals surface area contributed by atoms with E-state index in [4.69, 9.17) is 15.2 Å². The number of hydrogen-bond donors (Lipinski definition) is 1. The Morgan fingerprint density at radius 2 is 1.77 bits per heavy atom. The smallest absolute Gasteiger partial charge is 0.175 e. The highest BCUT2D eigenvalue weighted by atomic mass is 79.9. The van der Waals surface area contributed by atoms with Crippen molar-refractivity contribution in [2.75, 3.05) is 19.8 Å². The Labute approximate surface area is 141 Å². The molecule has 1 aromatic rings. The van der Waals surface area contributed by atoms with Gasteiger partial charge in [0.05, 0.1) is 4.47 Å². The van der Waals surface area contributed by atoms with E-state index in [1.807, 2.05) is 0 Å². The maximum Gasteiger partial charge on any atom is 0.175 e. The minimum absolute atomic E-state index is 0.0935. The van der Waals surface area contributed by atoms with Crippen molar-refractivity contribution in [2.24, 2.45) is 5.73 Å². The molecule has 22 heavy (non-hydrogen) atoms. The summed E-state index contributed by atoms with van der Waals surface area (Å²) < 4.78 is 12.9. The Hall–Kier alpha value is -0.740. The fourth-order valence-electron chi connectivity index (χ4n) is 4.01. The molecule has 0 amide bonds. The van der Waals surface area contributed by atoms with Crippen LogP contribution in [0.1, 0.15) is 63.0 Å². The molecule has 4 heteroatoms. The van der Waals surface area contributed by atoms with Gasteiger partial charge in [-0.25, -0.2) is 0 Å². The van der Waals surface area contributed by atoms with E-state index in [0.717, 1.165) is 16.0 Å². The van der Waals surface area contributed by atoms with Gasteiger partial charge in [-0.2, -0.15) is 0 Å². The second-order valence-corrected chi connectivity index (χ2v) is 7.73. The summed E-state index contributed by atoms with van der Waals surface area (Å²) in [6.07, 6.45) is 6.21. The Balaban J connectivity index is 2.19. The van der Waals surface area contributed by atoms with Crippen molar-refractivity contribution in [1.82, 2.24) is 0 Å². The molecule has 2 aliphatic rings. The van der Waals surface area contributed by atoms with Gasteiger partial charge in [-0.1, -0.05) is 33.1 Å². The summed E-state index contributed by atoms with van der Waals surface area (Å²) in [5.74, 6) is 2.19. The molecule has 0 bridgehead atoms. The Morgan fingerprint density at radius 3 is 2.36 bits per heavy atom. The van der Waals surface area contributed by atoms with Crippen LogP contribution in [0.15, 0.2) is 10.5 Å². The molecule has 2 N–H and O–H groups in total. The van der Waals surface area contributed by atoms with Crippen LogP contribution >= 0.6 is 15.9 Å². The number of hydrogen-bond acceptors (Lipinski definition) is 3. The second kappa shape index (κ2) is 6.40. The predicted molar refractivity (Wildman–Crippen MR) is 93.0 cm³/mol. The van der Waals surface area contributed by atoms with Crippen LogP contribution < -0.4 is 15.2 Å². The topological polar surface area (TPSA) is 44.5 Å². The third-order valence-electron chi connectivity index (χ3n) is 5.16. The first-order valence-electron chi connectivity index (χ1n) is 8.41. The van der Waals surface area contributed by atoms with Gasteiger partial charge in [0.25, 0.3) is 0 Å². The average Bonchev–Trinajstić information content (AvgIpc) is 2.55. The summed E-state index contributed by atoms with van der Waals surface area (Å²) in [6.45, 7) is 6.41. The maximum atomic E-state index is 6.28. The van der Waals surface area contributed by atoms with Crippen LogP contribution in [0.3, 0.4) is 0 Å². The van der Waals surface area contributed by atoms with E-state index in [1.165, 1.54) is 43.2 Å². The van der Waals surface area contributed by atoms with E-state index < -0.39 is 0 Å². The Morgan fingerprint density at radius 1 is 1.14 bits per heavy atom. The number of benzene rings is 1. The Kier molecular flexibility index (Phi) is 4.69. The van der Waals surface area contributed by atoms with Crippen molar-refractivity contribution in [2.45, 2.75) is 57.3 Å². The minimum atomic E-state index is 0.0935. The van der Waals surface area contributed by atoms with Crippen LogP contribution in [0.5, 0.6) is 11.5 Å². The van der Waals surface area contributed by atoms with E-state index in [2.05, 4.69) is 35.8 Å². The zero-order chi connectivity index (χ0) is 15.7. The number of rotatable bonds is 3. The number of nitrogens with two attached hydrogens (primary N) is 1. The van der Waals surface area contributed by atoms with Crippen LogP contribution in [-0.4, -0.2) is 19.8 Å². The van der Waals surface area contributed by atoms with Gasteiger partial charge >= 0.3 is 0 Å². The van der Waals surface area contributed by atoms with Crippen molar-refractivity contribution in [1.29, 1.82) is 0 Å². The zero-order valence-corrected chi connectivity index (χ0v) is 15.2. The van der Waals surface area contributed by atoms with Crippen molar-refractivity contribution in [3.05, 3.63) is 21.7 Å². The SMILES string of the molecule is CC(C)c1c(C2(CN)CCCCC2)cc(Br)c2c1OCCO2. The molecule has 3 rings (SSSR count). The van der Waals surface area contributed by atoms with Crippen molar-refractivity contribution in [3.63, 3.8) is 0 Å². The monoisotopic (exact) mass is 367 g/mol. The minimum Gasteiger partial charge on any atom is -0.486 e. The molecule has 0 atom stereocenters. The molecule has 1 aliphatic heterocycles. The Bertz CT molecular complexity index is 551. The maximum absolute atomic E-state index is 6.28. The van der Waals surface area contributed by atoms with Gasteiger partial charge in [-0.05, 0) is 46.3 Å². The van der Waals surface area contributed by atoms with E-state index in [0.29, 0.717) is 25.7 Å². The highest BCUT2D eigenvalue weighted by molar-refractivity contribution is 9.10. The number of ether oxygens (including phenoxy) is 2. The highest BCUT2D eigenvalue weighted by Gasteiger charge is 2.38. The van der Waals surface area contributed by atoms with Crippen molar-refractivity contribution in [3.8, 4) is 11.5 Å². The van der Waals surface area contributed by atoms with Gasteiger partial charge in [-0.15, -0.1) is 0 Å². The lowest BCUT2D eigenvalue weighted by Gasteiger charge is -2.40. The van der Waals surface area contributed by atoms with Gasteiger partial charge in [0.1, 0.15) is 13.2 Å². The first-order valence-corrected chi connectivity index (χ1v) is 9.21. The largest absolute Gasteiger partial charge is 0.486 e. The van der Waals surface area contributed by atoms with Gasteiger partial charge in [0.2, 0.25) is 0 Å². The van der Waals surface area contributed by atoms with Gasteiger partial charge in [0, 0.05) is 17.5 Å². The quantitative estimate of drug-likeness (QED) is 0.854. The van der Waals surface area contributed by atoms with Crippen LogP contribution in [-0.2, 0) is 5.41 Å². The summed E-state index contributed by atoms with van der Waals surface area (Å²) in [5.41, 5.74) is 9.04. The lowest BCUT2D eigenvalue weighted by molar-refractivity contribution is 0.167. The number of halogens is 1. The molecule has 1 aliphatic carbocycles. The van der Waals surface area contributed by atoms with E-state index >= 15 is 0 Å². The third-order valence-corrected chi connectivity index (χ3v) is 5.74. The summed E-state index contributed by atoms with van der Waals surface area (Å²) >= 11 is 3.69.